The van der Waals surface area contributed by atoms with Crippen molar-refractivity contribution in [2.45, 2.75) is 68.7 Å². The lowest BCUT2D eigenvalue weighted by molar-refractivity contribution is 0.197. The summed E-state index contributed by atoms with van der Waals surface area (Å²) in [5.74, 6) is 2.93. The Kier molecular flexibility index (Phi) is 14.5. The Morgan fingerprint density at radius 2 is 1.08 bits per heavy atom. The van der Waals surface area contributed by atoms with Crippen LogP contribution in [0.25, 0.3) is 0 Å². The van der Waals surface area contributed by atoms with Gasteiger partial charge in [0.05, 0.1) is 0 Å². The minimum atomic E-state index is 0. The van der Waals surface area contributed by atoms with Crippen LogP contribution in [-0.2, 0) is 0 Å². The molecular formula is C13H32. The van der Waals surface area contributed by atoms with Crippen molar-refractivity contribution >= 4 is 0 Å². The van der Waals surface area contributed by atoms with Gasteiger partial charge in [-0.3, -0.25) is 0 Å². The summed E-state index contributed by atoms with van der Waals surface area (Å²) in [6.07, 6.45) is 4.39. The van der Waals surface area contributed by atoms with E-state index >= 15 is 0 Å². The molecule has 0 nitrogen and oxygen atoms in total. The summed E-state index contributed by atoms with van der Waals surface area (Å²) in [6, 6.07) is 0. The van der Waals surface area contributed by atoms with E-state index in [0.29, 0.717) is 0 Å². The molecule has 0 N–H and O–H groups in total. The van der Waals surface area contributed by atoms with E-state index in [-0.39, 0.29) is 14.9 Å². The first-order chi connectivity index (χ1) is 5.22. The van der Waals surface area contributed by atoms with Crippen molar-refractivity contribution in [1.82, 2.24) is 0 Å². The van der Waals surface area contributed by atoms with Gasteiger partial charge in [0.2, 0.25) is 0 Å². The third kappa shape index (κ3) is 6.12. The van der Waals surface area contributed by atoms with Crippen LogP contribution in [0, 0.1) is 17.8 Å². The molecule has 1 fully saturated rings. The maximum atomic E-state index is 2.40. The third-order valence-corrected chi connectivity index (χ3v) is 3.11. The normalized spacial score (nSPS) is 31.6. The average Bonchev–Trinajstić information content (AvgIpc) is 2.04. The lowest BCUT2D eigenvalue weighted by Gasteiger charge is -2.31. The Morgan fingerprint density at radius 1 is 0.769 bits per heavy atom. The molecule has 0 aromatic rings. The van der Waals surface area contributed by atoms with Crippen LogP contribution in [-0.4, -0.2) is 0 Å². The zero-order chi connectivity index (χ0) is 8.85. The fraction of sp³-hybridized carbons (Fsp3) is 1.00. The van der Waals surface area contributed by atoms with E-state index < -0.39 is 0 Å². The fourth-order valence-electron chi connectivity index (χ4n) is 1.85. The molecule has 0 spiro atoms. The minimum Gasteiger partial charge on any atom is -0.0776 e. The predicted octanol–water partition coefficient (Wildman–Crippen LogP) is 5.38. The molecule has 1 aliphatic carbocycles. The second-order valence-corrected chi connectivity index (χ2v) is 3.74. The van der Waals surface area contributed by atoms with Crippen LogP contribution in [0.5, 0.6) is 0 Å². The Labute approximate surface area is 87.1 Å². The maximum absolute atomic E-state index is 2.40. The van der Waals surface area contributed by atoms with Crippen molar-refractivity contribution in [2.75, 3.05) is 0 Å². The summed E-state index contributed by atoms with van der Waals surface area (Å²) in [6.45, 7) is 11.2. The van der Waals surface area contributed by atoms with E-state index in [1.54, 1.807) is 0 Å². The SMILES string of the molecule is C.C.CC.CC1[C@H](C)CCC[C@@H]1C. The molecule has 0 aromatic heterocycles. The van der Waals surface area contributed by atoms with Crippen molar-refractivity contribution in [3.63, 3.8) is 0 Å². The summed E-state index contributed by atoms with van der Waals surface area (Å²) in [5.41, 5.74) is 0. The highest BCUT2D eigenvalue weighted by Crippen LogP contribution is 2.33. The first kappa shape index (κ1) is 18.7. The summed E-state index contributed by atoms with van der Waals surface area (Å²) in [7, 11) is 0. The van der Waals surface area contributed by atoms with Gasteiger partial charge in [-0.2, -0.15) is 0 Å². The third-order valence-electron chi connectivity index (χ3n) is 3.11. The monoisotopic (exact) mass is 188 g/mol. The van der Waals surface area contributed by atoms with Crippen molar-refractivity contribution in [3.05, 3.63) is 0 Å². The van der Waals surface area contributed by atoms with Crippen molar-refractivity contribution in [3.8, 4) is 0 Å². The lowest BCUT2D eigenvalue weighted by Crippen LogP contribution is -2.21. The molecule has 0 bridgehead atoms. The molecule has 3 atom stereocenters. The number of hydrogen-bond donors (Lipinski definition) is 0. The van der Waals surface area contributed by atoms with Gasteiger partial charge in [0.1, 0.15) is 0 Å². The summed E-state index contributed by atoms with van der Waals surface area (Å²) >= 11 is 0. The molecule has 0 aliphatic heterocycles. The molecule has 0 amide bonds. The predicted molar refractivity (Wildman–Crippen MR) is 66.2 cm³/mol. The molecule has 84 valence electrons. The molecule has 13 heavy (non-hydrogen) atoms. The largest absolute Gasteiger partial charge is 0.0776 e. The highest BCUT2D eigenvalue weighted by Gasteiger charge is 2.22. The molecule has 0 heterocycles. The fourth-order valence-corrected chi connectivity index (χ4v) is 1.85. The second kappa shape index (κ2) is 10.1. The van der Waals surface area contributed by atoms with Gasteiger partial charge in [-0.25, -0.2) is 0 Å². The molecule has 1 rings (SSSR count). The first-order valence-electron chi connectivity index (χ1n) is 5.22. The molecule has 0 aromatic carbocycles. The summed E-state index contributed by atoms with van der Waals surface area (Å²) in [4.78, 5) is 0. The Balaban J connectivity index is -0.000000234. The highest BCUT2D eigenvalue weighted by atomic mass is 14.3. The van der Waals surface area contributed by atoms with Crippen LogP contribution in [0.1, 0.15) is 68.7 Å². The number of rotatable bonds is 0. The molecule has 0 saturated heterocycles. The van der Waals surface area contributed by atoms with Gasteiger partial charge in [-0.1, -0.05) is 68.7 Å². The zero-order valence-electron chi connectivity index (χ0n) is 8.85. The molecule has 0 heteroatoms. The van der Waals surface area contributed by atoms with E-state index in [2.05, 4.69) is 20.8 Å². The van der Waals surface area contributed by atoms with Crippen LogP contribution in [0.2, 0.25) is 0 Å². The Hall–Kier alpha value is 0. The quantitative estimate of drug-likeness (QED) is 0.479. The summed E-state index contributed by atoms with van der Waals surface area (Å²) < 4.78 is 0. The number of hydrogen-bond acceptors (Lipinski definition) is 0. The van der Waals surface area contributed by atoms with Crippen LogP contribution >= 0.6 is 0 Å². The van der Waals surface area contributed by atoms with Gasteiger partial charge >= 0.3 is 0 Å². The topological polar surface area (TPSA) is 0 Å². The van der Waals surface area contributed by atoms with E-state index in [1.807, 2.05) is 13.8 Å². The van der Waals surface area contributed by atoms with Gasteiger partial charge in [0, 0.05) is 0 Å². The molecule has 1 aliphatic rings. The highest BCUT2D eigenvalue weighted by molar-refractivity contribution is 4.73. The molecule has 1 unspecified atom stereocenters. The first-order valence-corrected chi connectivity index (χ1v) is 5.22. The summed E-state index contributed by atoms with van der Waals surface area (Å²) in [5, 5.41) is 0. The molecule has 1 saturated carbocycles. The van der Waals surface area contributed by atoms with Gasteiger partial charge in [-0.05, 0) is 17.8 Å². The smallest absolute Gasteiger partial charge is 0.0391 e. The van der Waals surface area contributed by atoms with E-state index in [0.717, 1.165) is 17.8 Å². The average molecular weight is 188 g/mol. The van der Waals surface area contributed by atoms with Crippen LogP contribution in [0.3, 0.4) is 0 Å². The minimum absolute atomic E-state index is 0. The van der Waals surface area contributed by atoms with E-state index in [1.165, 1.54) is 19.3 Å². The second-order valence-electron chi connectivity index (χ2n) is 3.74. The van der Waals surface area contributed by atoms with Crippen LogP contribution < -0.4 is 0 Å². The van der Waals surface area contributed by atoms with Crippen molar-refractivity contribution in [2.24, 2.45) is 17.8 Å². The lowest BCUT2D eigenvalue weighted by atomic mass is 9.75. The Morgan fingerprint density at radius 3 is 1.31 bits per heavy atom. The van der Waals surface area contributed by atoms with Crippen molar-refractivity contribution in [1.29, 1.82) is 0 Å². The van der Waals surface area contributed by atoms with Gasteiger partial charge in [0.25, 0.3) is 0 Å². The van der Waals surface area contributed by atoms with Gasteiger partial charge in [-0.15, -0.1) is 0 Å². The van der Waals surface area contributed by atoms with Crippen LogP contribution in [0.15, 0.2) is 0 Å². The molecule has 0 radical (unpaired) electrons. The Bertz CT molecular complexity index is 76.0. The molecular weight excluding hydrogens is 156 g/mol. The van der Waals surface area contributed by atoms with E-state index in [4.69, 9.17) is 0 Å². The van der Waals surface area contributed by atoms with Crippen molar-refractivity contribution < 1.29 is 0 Å². The van der Waals surface area contributed by atoms with E-state index in [9.17, 15) is 0 Å². The van der Waals surface area contributed by atoms with Crippen LogP contribution in [0.4, 0.5) is 0 Å². The zero-order valence-corrected chi connectivity index (χ0v) is 8.85. The van der Waals surface area contributed by atoms with Gasteiger partial charge in [0.15, 0.2) is 0 Å². The maximum Gasteiger partial charge on any atom is -0.0391 e. The standard InChI is InChI=1S/C9H18.C2H6.2CH4/c1-7-5-4-6-8(2)9(7)3;1-2;;/h7-9H,4-6H2,1-3H3;1-2H3;2*1H4/t7-,8+,9?;;;. The van der Waals surface area contributed by atoms with Gasteiger partial charge < -0.3 is 0 Å².